The van der Waals surface area contributed by atoms with E-state index in [-0.39, 0.29) is 18.2 Å². The number of carbonyl (C=O) groups excluding carboxylic acids is 1. The molecule has 0 radical (unpaired) electrons. The molecule has 1 saturated heterocycles. The molecule has 1 fully saturated rings. The van der Waals surface area contributed by atoms with Crippen LogP contribution in [0.15, 0.2) is 73.1 Å². The molecule has 2 unspecified atom stereocenters. The van der Waals surface area contributed by atoms with Crippen LogP contribution in [0.3, 0.4) is 0 Å². The van der Waals surface area contributed by atoms with Crippen LogP contribution in [0.1, 0.15) is 35.0 Å². The van der Waals surface area contributed by atoms with Crippen LogP contribution in [0.2, 0.25) is 0 Å². The topological polar surface area (TPSA) is 123 Å². The summed E-state index contributed by atoms with van der Waals surface area (Å²) in [5, 5.41) is 9.55. The van der Waals surface area contributed by atoms with Gasteiger partial charge in [-0.25, -0.2) is 9.97 Å². The molecule has 9 nitrogen and oxygen atoms in total. The minimum absolute atomic E-state index is 0.0959. The Labute approximate surface area is 216 Å². The van der Waals surface area contributed by atoms with Crippen LogP contribution in [0, 0.1) is 6.92 Å². The van der Waals surface area contributed by atoms with Gasteiger partial charge in [-0.1, -0.05) is 25.1 Å². The molecule has 2 heterocycles. The molecule has 0 spiro atoms. The summed E-state index contributed by atoms with van der Waals surface area (Å²) in [6.45, 7) is 4.61. The van der Waals surface area contributed by atoms with Gasteiger partial charge in [-0.2, -0.15) is 0 Å². The maximum atomic E-state index is 12.9. The number of hydrogen-bond acceptors (Lipinski definition) is 8. The Kier molecular flexibility index (Phi) is 8.50. The number of aryl methyl sites for hydroxylation is 1. The number of rotatable bonds is 10. The van der Waals surface area contributed by atoms with E-state index in [1.807, 2.05) is 55.5 Å². The highest BCUT2D eigenvalue weighted by atomic mass is 16.7. The van der Waals surface area contributed by atoms with Crippen molar-refractivity contribution in [3.8, 4) is 0 Å². The first-order chi connectivity index (χ1) is 18.0. The maximum Gasteiger partial charge on any atom is 0.255 e. The average molecular weight is 501 g/mol. The molecule has 2 atom stereocenters. The Morgan fingerprint density at radius 3 is 2.65 bits per heavy atom. The zero-order valence-electron chi connectivity index (χ0n) is 21.2. The zero-order chi connectivity index (χ0) is 26.2. The highest BCUT2D eigenvalue weighted by molar-refractivity contribution is 6.04. The van der Waals surface area contributed by atoms with Crippen molar-refractivity contribution in [1.82, 2.24) is 9.97 Å². The van der Waals surface area contributed by atoms with Gasteiger partial charge in [-0.3, -0.25) is 4.79 Å². The van der Waals surface area contributed by atoms with Gasteiger partial charge in [0, 0.05) is 47.7 Å². The van der Waals surface area contributed by atoms with E-state index in [0.717, 1.165) is 28.9 Å². The number of aromatic nitrogens is 2. The normalized spacial score (nSPS) is 17.3. The lowest BCUT2D eigenvalue weighted by Crippen LogP contribution is -2.51. The van der Waals surface area contributed by atoms with Crippen molar-refractivity contribution in [3.63, 3.8) is 0 Å². The van der Waals surface area contributed by atoms with Crippen molar-refractivity contribution in [2.75, 3.05) is 29.7 Å². The van der Waals surface area contributed by atoms with E-state index in [1.54, 1.807) is 25.4 Å². The Balaban J connectivity index is 1.42. The number of ether oxygens (including phenoxy) is 2. The molecule has 37 heavy (non-hydrogen) atoms. The zero-order valence-corrected chi connectivity index (χ0v) is 21.2. The lowest BCUT2D eigenvalue weighted by molar-refractivity contribution is -0.209. The van der Waals surface area contributed by atoms with E-state index in [1.165, 1.54) is 6.20 Å². The number of carbonyl (C=O) groups is 1. The predicted octanol–water partition coefficient (Wildman–Crippen LogP) is 4.83. The third-order valence-electron chi connectivity index (χ3n) is 5.91. The van der Waals surface area contributed by atoms with Gasteiger partial charge >= 0.3 is 0 Å². The summed E-state index contributed by atoms with van der Waals surface area (Å²) >= 11 is 0. The molecule has 5 N–H and O–H groups in total. The first-order valence-electron chi connectivity index (χ1n) is 12.1. The van der Waals surface area contributed by atoms with Crippen LogP contribution < -0.4 is 21.7 Å². The summed E-state index contributed by atoms with van der Waals surface area (Å²) < 4.78 is 10.5. The monoisotopic (exact) mass is 500 g/mol. The van der Waals surface area contributed by atoms with Gasteiger partial charge in [0.2, 0.25) is 5.95 Å². The van der Waals surface area contributed by atoms with E-state index in [4.69, 9.17) is 15.2 Å². The number of amides is 1. The number of benzene rings is 2. The van der Waals surface area contributed by atoms with Crippen LogP contribution in [0.25, 0.3) is 5.57 Å². The van der Waals surface area contributed by atoms with Crippen LogP contribution in [0.4, 0.5) is 23.0 Å². The van der Waals surface area contributed by atoms with Crippen LogP contribution >= 0.6 is 0 Å². The molecule has 1 aliphatic heterocycles. The fourth-order valence-corrected chi connectivity index (χ4v) is 3.75. The van der Waals surface area contributed by atoms with Crippen LogP contribution in [-0.2, 0) is 9.47 Å². The van der Waals surface area contributed by atoms with Crippen molar-refractivity contribution in [2.45, 2.75) is 32.6 Å². The van der Waals surface area contributed by atoms with E-state index in [0.29, 0.717) is 29.5 Å². The van der Waals surface area contributed by atoms with Crippen molar-refractivity contribution in [3.05, 3.63) is 89.9 Å². The van der Waals surface area contributed by atoms with E-state index in [9.17, 15) is 4.79 Å². The fraction of sp³-hybridized carbons (Fsp3) is 0.250. The number of methoxy groups -OCH3 is 1. The molecule has 0 bridgehead atoms. The molecule has 1 amide bonds. The van der Waals surface area contributed by atoms with Gasteiger partial charge in [0.1, 0.15) is 6.04 Å². The Hall–Kier alpha value is -4.21. The van der Waals surface area contributed by atoms with Gasteiger partial charge in [-0.05, 0) is 61.4 Å². The smallest absolute Gasteiger partial charge is 0.255 e. The third kappa shape index (κ3) is 6.52. The van der Waals surface area contributed by atoms with Crippen molar-refractivity contribution in [1.29, 1.82) is 0 Å². The third-order valence-corrected chi connectivity index (χ3v) is 5.91. The first kappa shape index (κ1) is 25.9. The molecule has 2 aromatic carbocycles. The summed E-state index contributed by atoms with van der Waals surface area (Å²) in [6, 6.07) is 14.8. The Morgan fingerprint density at radius 2 is 1.97 bits per heavy atom. The molecule has 0 aliphatic carbocycles. The molecule has 1 aliphatic rings. The van der Waals surface area contributed by atoms with Crippen LogP contribution in [-0.4, -0.2) is 41.9 Å². The molecule has 3 aromatic rings. The van der Waals surface area contributed by atoms with Crippen LogP contribution in [0.5, 0.6) is 0 Å². The van der Waals surface area contributed by atoms with Crippen molar-refractivity contribution < 1.29 is 14.3 Å². The number of allylic oxidation sites excluding steroid dienone is 3. The number of nitrogens with one attached hydrogen (secondary N) is 3. The van der Waals surface area contributed by atoms with E-state index >= 15 is 0 Å². The summed E-state index contributed by atoms with van der Waals surface area (Å²) in [6.07, 6.45) is 7.82. The first-order valence-corrected chi connectivity index (χ1v) is 12.1. The maximum absolute atomic E-state index is 12.9. The second-order valence-corrected chi connectivity index (χ2v) is 8.57. The highest BCUT2D eigenvalue weighted by Gasteiger charge is 2.31. The Bertz CT molecular complexity index is 1290. The molecular formula is C28H32N6O3. The van der Waals surface area contributed by atoms with Gasteiger partial charge in [-0.15, -0.1) is 0 Å². The predicted molar refractivity (Wildman–Crippen MR) is 147 cm³/mol. The molecular weight excluding hydrogens is 468 g/mol. The van der Waals surface area contributed by atoms with Crippen molar-refractivity contribution >= 4 is 34.5 Å². The van der Waals surface area contributed by atoms with Gasteiger partial charge in [0.15, 0.2) is 6.29 Å². The van der Waals surface area contributed by atoms with Gasteiger partial charge < -0.3 is 31.2 Å². The van der Waals surface area contributed by atoms with E-state index in [2.05, 4.69) is 32.8 Å². The number of nitrogens with two attached hydrogens (primary N) is 1. The largest absolute Gasteiger partial charge is 0.404 e. The van der Waals surface area contributed by atoms with Gasteiger partial charge in [0.25, 0.3) is 5.91 Å². The second-order valence-electron chi connectivity index (χ2n) is 8.57. The van der Waals surface area contributed by atoms with Gasteiger partial charge in [0.05, 0.1) is 12.3 Å². The number of hydrogen-bond donors (Lipinski definition) is 4. The minimum Gasteiger partial charge on any atom is -0.404 e. The van der Waals surface area contributed by atoms with Crippen molar-refractivity contribution in [2.24, 2.45) is 5.73 Å². The fourth-order valence-electron chi connectivity index (χ4n) is 3.75. The average Bonchev–Trinajstić information content (AvgIpc) is 2.90. The SMILES string of the molecule is CC/C=C\C(=C/N)c1ccnc(Nc2cc(NC(=O)c3ccc(NC4COC4OC)cc3)ccc2C)n1. The summed E-state index contributed by atoms with van der Waals surface area (Å²) in [5.41, 5.74) is 11.2. The summed E-state index contributed by atoms with van der Waals surface area (Å²) in [4.78, 5) is 21.8. The summed E-state index contributed by atoms with van der Waals surface area (Å²) in [5.74, 6) is 0.228. The standard InChI is InChI=1S/C28H32N6O3/c1-4-5-6-20(16-29)23-13-14-30-28(33-23)34-24-15-22(10-7-18(24)2)32-26(35)19-8-11-21(12-9-19)31-25-17-37-27(25)36-3/h5-16,25,27,31H,4,17,29H2,1-3H3,(H,32,35)(H,30,33,34)/b6-5-,20-16+. The van der Waals surface area contributed by atoms with E-state index < -0.39 is 0 Å². The highest BCUT2D eigenvalue weighted by Crippen LogP contribution is 2.25. The lowest BCUT2D eigenvalue weighted by Gasteiger charge is -2.36. The molecule has 4 rings (SSSR count). The number of anilines is 4. The lowest BCUT2D eigenvalue weighted by atomic mass is 10.1. The Morgan fingerprint density at radius 1 is 1.19 bits per heavy atom. The quantitative estimate of drug-likeness (QED) is 0.292. The number of nitrogens with zero attached hydrogens (tertiary/aromatic N) is 2. The molecule has 0 saturated carbocycles. The molecule has 192 valence electrons. The minimum atomic E-state index is -0.253. The molecule has 9 heteroatoms. The summed E-state index contributed by atoms with van der Waals surface area (Å²) in [7, 11) is 1.61. The second kappa shape index (κ2) is 12.2. The molecule has 1 aromatic heterocycles.